The Labute approximate surface area is 215 Å². The number of methoxy groups -OCH3 is 2. The van der Waals surface area contributed by atoms with E-state index in [-0.39, 0.29) is 17.9 Å². The second kappa shape index (κ2) is 10.9. The predicted molar refractivity (Wildman–Crippen MR) is 145 cm³/mol. The van der Waals surface area contributed by atoms with Gasteiger partial charge in [0.2, 0.25) is 0 Å². The third kappa shape index (κ3) is 5.88. The lowest BCUT2D eigenvalue weighted by Gasteiger charge is -2.18. The van der Waals surface area contributed by atoms with Crippen LogP contribution >= 0.6 is 11.8 Å². The van der Waals surface area contributed by atoms with Crippen molar-refractivity contribution in [2.75, 3.05) is 14.2 Å². The Morgan fingerprint density at radius 1 is 1.00 bits per heavy atom. The number of carbonyl (C=O) groups excluding carboxylic acids is 1. The molecule has 186 valence electrons. The number of hydrogen-bond donors (Lipinski definition) is 0. The van der Waals surface area contributed by atoms with Crippen molar-refractivity contribution < 1.29 is 18.7 Å². The van der Waals surface area contributed by atoms with Crippen molar-refractivity contribution >= 4 is 35.1 Å². The molecule has 1 aliphatic heterocycles. The quantitative estimate of drug-likeness (QED) is 0.221. The maximum absolute atomic E-state index is 13.3. The first kappa shape index (κ1) is 25.3. The van der Waals surface area contributed by atoms with Gasteiger partial charge in [0.25, 0.3) is 5.91 Å². The van der Waals surface area contributed by atoms with Gasteiger partial charge in [0.15, 0.2) is 16.7 Å². The van der Waals surface area contributed by atoms with Crippen molar-refractivity contribution in [3.05, 3.63) is 88.2 Å². The third-order valence-electron chi connectivity index (χ3n) is 5.61. The Morgan fingerprint density at radius 2 is 1.72 bits per heavy atom. The molecule has 0 aliphatic carbocycles. The zero-order chi connectivity index (χ0) is 25.7. The van der Waals surface area contributed by atoms with Gasteiger partial charge >= 0.3 is 0 Å². The molecule has 1 amide bonds. The van der Waals surface area contributed by atoms with E-state index in [4.69, 9.17) is 13.9 Å². The van der Waals surface area contributed by atoms with Crippen molar-refractivity contribution in [3.8, 4) is 11.5 Å². The van der Waals surface area contributed by atoms with E-state index in [1.54, 1.807) is 43.7 Å². The lowest BCUT2D eigenvalue weighted by Crippen LogP contribution is -2.28. The van der Waals surface area contributed by atoms with E-state index in [0.717, 1.165) is 11.1 Å². The minimum atomic E-state index is -0.142. The fourth-order valence-electron chi connectivity index (χ4n) is 3.59. The molecular formula is C28H29N3O4S. The number of rotatable bonds is 7. The summed E-state index contributed by atoms with van der Waals surface area (Å²) in [6, 6.07) is 17.3. The second-order valence-electron chi connectivity index (χ2n) is 9.19. The summed E-state index contributed by atoms with van der Waals surface area (Å²) < 4.78 is 16.1. The smallest absolute Gasteiger partial charge is 0.267 e. The number of thioether (sulfide) groups is 1. The van der Waals surface area contributed by atoms with Crippen molar-refractivity contribution in [1.29, 1.82) is 0 Å². The Kier molecular flexibility index (Phi) is 7.64. The number of nitrogens with zero attached hydrogens (tertiary/aromatic N) is 3. The molecule has 1 aromatic heterocycles. The molecule has 4 rings (SSSR count). The zero-order valence-electron chi connectivity index (χ0n) is 21.0. The zero-order valence-corrected chi connectivity index (χ0v) is 21.8. The number of carbonyl (C=O) groups is 1. The van der Waals surface area contributed by atoms with Gasteiger partial charge in [-0.25, -0.2) is 0 Å². The molecule has 8 heteroatoms. The van der Waals surface area contributed by atoms with Gasteiger partial charge in [-0.05, 0) is 70.3 Å². The van der Waals surface area contributed by atoms with E-state index in [9.17, 15) is 4.79 Å². The molecule has 2 heterocycles. The highest BCUT2D eigenvalue weighted by atomic mass is 32.2. The molecule has 0 saturated carbocycles. The molecule has 1 saturated heterocycles. The molecule has 36 heavy (non-hydrogen) atoms. The van der Waals surface area contributed by atoms with E-state index >= 15 is 0 Å². The monoisotopic (exact) mass is 503 g/mol. The van der Waals surface area contributed by atoms with Crippen LogP contribution in [0.5, 0.6) is 11.5 Å². The highest BCUT2D eigenvalue weighted by Crippen LogP contribution is 2.34. The molecule has 0 atom stereocenters. The van der Waals surface area contributed by atoms with Crippen LogP contribution in [0.15, 0.2) is 80.4 Å². The maximum Gasteiger partial charge on any atom is 0.267 e. The fourth-order valence-corrected chi connectivity index (χ4v) is 4.52. The van der Waals surface area contributed by atoms with Gasteiger partial charge in [0.05, 0.1) is 38.1 Å². The molecule has 7 nitrogen and oxygen atoms in total. The van der Waals surface area contributed by atoms with Crippen molar-refractivity contribution in [2.24, 2.45) is 10.2 Å². The average molecular weight is 504 g/mol. The number of hydrogen-bond acceptors (Lipinski definition) is 7. The van der Waals surface area contributed by atoms with Crippen molar-refractivity contribution in [2.45, 2.75) is 32.7 Å². The molecule has 1 aliphatic rings. The molecule has 1 fully saturated rings. The van der Waals surface area contributed by atoms with Crippen LogP contribution in [0.25, 0.3) is 6.08 Å². The first-order chi connectivity index (χ1) is 17.3. The van der Waals surface area contributed by atoms with Crippen LogP contribution in [0.3, 0.4) is 0 Å². The Morgan fingerprint density at radius 3 is 2.36 bits per heavy atom. The van der Waals surface area contributed by atoms with Crippen LogP contribution in [0.4, 0.5) is 0 Å². The predicted octanol–water partition coefficient (Wildman–Crippen LogP) is 6.10. The highest BCUT2D eigenvalue weighted by molar-refractivity contribution is 8.18. The summed E-state index contributed by atoms with van der Waals surface area (Å²) in [5.41, 5.74) is 3.04. The van der Waals surface area contributed by atoms with E-state index in [2.05, 4.69) is 43.1 Å². The van der Waals surface area contributed by atoms with E-state index < -0.39 is 0 Å². The lowest BCUT2D eigenvalue weighted by molar-refractivity contribution is -0.122. The summed E-state index contributed by atoms with van der Waals surface area (Å²) in [6.45, 7) is 6.79. The van der Waals surface area contributed by atoms with E-state index in [1.807, 2.05) is 36.4 Å². The van der Waals surface area contributed by atoms with Crippen LogP contribution < -0.4 is 9.47 Å². The summed E-state index contributed by atoms with van der Waals surface area (Å²) in [7, 11) is 3.17. The number of amides is 1. The Balaban J connectivity index is 1.60. The molecular weight excluding hydrogens is 474 g/mol. The van der Waals surface area contributed by atoms with Gasteiger partial charge in [0, 0.05) is 0 Å². The lowest BCUT2D eigenvalue weighted by atomic mass is 9.87. The Hall–Kier alpha value is -3.78. The first-order valence-corrected chi connectivity index (χ1v) is 12.3. The normalized spacial score (nSPS) is 16.5. The highest BCUT2D eigenvalue weighted by Gasteiger charge is 2.34. The standard InChI is InChI=1S/C28H29N3O4S/c1-28(2,3)21-11-8-19(9-12-21)16-25-26(32)31(18-22-7-6-14-35-22)27(36-25)30-29-17-20-10-13-23(33-4)24(15-20)34-5/h6-17H,18H2,1-5H3/b25-16-,29-17-,30-27+. The number of benzene rings is 2. The van der Waals surface area contributed by atoms with Gasteiger partial charge in [-0.3, -0.25) is 9.69 Å². The summed E-state index contributed by atoms with van der Waals surface area (Å²) in [6.07, 6.45) is 5.08. The minimum Gasteiger partial charge on any atom is -0.493 e. The van der Waals surface area contributed by atoms with Crippen molar-refractivity contribution in [3.63, 3.8) is 0 Å². The first-order valence-electron chi connectivity index (χ1n) is 11.5. The van der Waals surface area contributed by atoms with Gasteiger partial charge in [0.1, 0.15) is 5.76 Å². The SMILES string of the molecule is COc1ccc(/C=N\N=C2\S/C(=C\c3ccc(C(C)(C)C)cc3)C(=O)N2Cc2ccco2)cc1OC. The van der Waals surface area contributed by atoms with Gasteiger partial charge < -0.3 is 13.9 Å². The average Bonchev–Trinajstić information content (AvgIpc) is 3.48. The fraction of sp³-hybridized carbons (Fsp3) is 0.250. The third-order valence-corrected chi connectivity index (χ3v) is 6.61. The number of ether oxygens (including phenoxy) is 2. The van der Waals surface area contributed by atoms with Gasteiger partial charge in [-0.2, -0.15) is 5.10 Å². The van der Waals surface area contributed by atoms with Crippen LogP contribution in [-0.4, -0.2) is 36.4 Å². The number of furan rings is 1. The largest absolute Gasteiger partial charge is 0.493 e. The topological polar surface area (TPSA) is 76.6 Å². The molecule has 2 aromatic carbocycles. The van der Waals surface area contributed by atoms with Crippen molar-refractivity contribution in [1.82, 2.24) is 4.90 Å². The molecule has 0 N–H and O–H groups in total. The van der Waals surface area contributed by atoms with Crippen LogP contribution in [0, 0.1) is 0 Å². The van der Waals surface area contributed by atoms with Crippen LogP contribution in [0.2, 0.25) is 0 Å². The summed E-state index contributed by atoms with van der Waals surface area (Å²) in [4.78, 5) is 15.4. The molecule has 0 spiro atoms. The molecule has 0 unspecified atom stereocenters. The summed E-state index contributed by atoms with van der Waals surface area (Å²) >= 11 is 1.29. The van der Waals surface area contributed by atoms with E-state index in [1.165, 1.54) is 17.3 Å². The summed E-state index contributed by atoms with van der Waals surface area (Å²) in [5, 5.41) is 9.09. The second-order valence-corrected chi connectivity index (χ2v) is 10.2. The van der Waals surface area contributed by atoms with Crippen LogP contribution in [-0.2, 0) is 16.8 Å². The van der Waals surface area contributed by atoms with Gasteiger partial charge in [-0.1, -0.05) is 45.0 Å². The molecule has 0 radical (unpaired) electrons. The van der Waals surface area contributed by atoms with Gasteiger partial charge in [-0.15, -0.1) is 5.10 Å². The Bertz CT molecular complexity index is 1300. The molecule has 3 aromatic rings. The molecule has 0 bridgehead atoms. The maximum atomic E-state index is 13.3. The van der Waals surface area contributed by atoms with Crippen LogP contribution in [0.1, 0.15) is 43.2 Å². The summed E-state index contributed by atoms with van der Waals surface area (Å²) in [5.74, 6) is 1.75. The van der Waals surface area contributed by atoms with E-state index in [0.29, 0.717) is 27.3 Å². The number of amidine groups is 1. The minimum absolute atomic E-state index is 0.0647.